The standard InChI is InChI=1S/C24H21FN2O3S/c1-12-9-10-16(11-13(12)2)27-20(17-7-5-6-8-18(17)25)19(22(29)24(27)30)21(28)23-14(3)26-15(4)31-23/h5-11,20,29H,1-4H3. The number of aryl methyl sites for hydroxylation is 4. The fourth-order valence-corrected chi connectivity index (χ4v) is 4.71. The number of nitrogens with zero attached hydrogens (tertiary/aromatic N) is 2. The number of carbonyl (C=O) groups excluding carboxylic acids is 2. The van der Waals surface area contributed by atoms with E-state index in [1.165, 1.54) is 34.4 Å². The monoisotopic (exact) mass is 436 g/mol. The minimum atomic E-state index is -1.09. The van der Waals surface area contributed by atoms with Gasteiger partial charge in [0, 0.05) is 11.3 Å². The Morgan fingerprint density at radius 1 is 1.10 bits per heavy atom. The van der Waals surface area contributed by atoms with Crippen molar-refractivity contribution in [3.63, 3.8) is 0 Å². The number of amides is 1. The first-order valence-electron chi connectivity index (χ1n) is 9.77. The summed E-state index contributed by atoms with van der Waals surface area (Å²) in [6, 6.07) is 10.3. The van der Waals surface area contributed by atoms with Gasteiger partial charge < -0.3 is 5.11 Å². The number of carbonyl (C=O) groups is 2. The Kier molecular flexibility index (Phi) is 5.23. The number of aliphatic hydroxyl groups excluding tert-OH is 1. The maximum absolute atomic E-state index is 14.9. The Balaban J connectivity index is 1.93. The van der Waals surface area contributed by atoms with Gasteiger partial charge >= 0.3 is 0 Å². The van der Waals surface area contributed by atoms with Gasteiger partial charge in [0.1, 0.15) is 5.82 Å². The first-order valence-corrected chi connectivity index (χ1v) is 10.6. The van der Waals surface area contributed by atoms with Crippen LogP contribution in [0.25, 0.3) is 0 Å². The Morgan fingerprint density at radius 2 is 1.81 bits per heavy atom. The molecular formula is C24H21FN2O3S. The molecule has 5 nitrogen and oxygen atoms in total. The summed E-state index contributed by atoms with van der Waals surface area (Å²) in [6.45, 7) is 7.32. The number of hydrogen-bond acceptors (Lipinski definition) is 5. The third-order valence-corrected chi connectivity index (χ3v) is 6.60. The number of ketones is 1. The fourth-order valence-electron chi connectivity index (χ4n) is 3.83. The molecule has 0 aliphatic carbocycles. The average Bonchev–Trinajstić information content (AvgIpc) is 3.20. The second-order valence-corrected chi connectivity index (χ2v) is 8.81. The average molecular weight is 437 g/mol. The molecule has 0 bridgehead atoms. The van der Waals surface area contributed by atoms with Crippen molar-refractivity contribution in [2.24, 2.45) is 0 Å². The summed E-state index contributed by atoms with van der Waals surface area (Å²) in [7, 11) is 0. The SMILES string of the molecule is Cc1nc(C)c(C(=O)C2=C(O)C(=O)N(c3ccc(C)c(C)c3)C2c2ccccc2F)s1. The highest BCUT2D eigenvalue weighted by atomic mass is 32.1. The Labute approximate surface area is 183 Å². The van der Waals surface area contributed by atoms with Crippen LogP contribution in [0.1, 0.15) is 43.1 Å². The fraction of sp³-hybridized carbons (Fsp3) is 0.208. The first-order chi connectivity index (χ1) is 14.7. The maximum Gasteiger partial charge on any atom is 0.294 e. The van der Waals surface area contributed by atoms with Crippen LogP contribution < -0.4 is 4.90 Å². The molecule has 0 fully saturated rings. The van der Waals surface area contributed by atoms with E-state index < -0.39 is 29.3 Å². The summed E-state index contributed by atoms with van der Waals surface area (Å²) in [4.78, 5) is 32.5. The van der Waals surface area contributed by atoms with E-state index in [0.29, 0.717) is 21.3 Å². The van der Waals surface area contributed by atoms with Crippen molar-refractivity contribution in [2.45, 2.75) is 33.7 Å². The minimum absolute atomic E-state index is 0.139. The molecule has 1 aromatic heterocycles. The Hall–Kier alpha value is -3.32. The molecule has 0 saturated heterocycles. The summed E-state index contributed by atoms with van der Waals surface area (Å²) in [5.74, 6) is -2.49. The Bertz CT molecular complexity index is 1260. The third-order valence-electron chi connectivity index (χ3n) is 5.53. The third kappa shape index (κ3) is 3.45. The molecule has 1 amide bonds. The van der Waals surface area contributed by atoms with E-state index in [-0.39, 0.29) is 11.1 Å². The van der Waals surface area contributed by atoms with E-state index in [2.05, 4.69) is 4.98 Å². The molecule has 158 valence electrons. The van der Waals surface area contributed by atoms with Gasteiger partial charge in [0.15, 0.2) is 5.76 Å². The molecule has 0 spiro atoms. The van der Waals surface area contributed by atoms with Gasteiger partial charge in [-0.25, -0.2) is 9.37 Å². The van der Waals surface area contributed by atoms with Crippen LogP contribution in [0.5, 0.6) is 0 Å². The van der Waals surface area contributed by atoms with Crippen molar-refractivity contribution in [3.05, 3.63) is 91.9 Å². The number of hydrogen-bond donors (Lipinski definition) is 1. The summed E-state index contributed by atoms with van der Waals surface area (Å²) < 4.78 is 14.9. The summed E-state index contributed by atoms with van der Waals surface area (Å²) >= 11 is 1.19. The molecular weight excluding hydrogens is 415 g/mol. The number of Topliss-reactive ketones (excluding diaryl/α,β-unsaturated/α-hetero) is 1. The molecule has 2 aromatic carbocycles. The number of anilines is 1. The maximum atomic E-state index is 14.9. The highest BCUT2D eigenvalue weighted by molar-refractivity contribution is 7.14. The van der Waals surface area contributed by atoms with Gasteiger partial charge in [0.05, 0.1) is 27.2 Å². The van der Waals surface area contributed by atoms with Gasteiger partial charge in [-0.15, -0.1) is 11.3 Å². The molecule has 7 heteroatoms. The molecule has 0 saturated carbocycles. The number of thiazole rings is 1. The van der Waals surface area contributed by atoms with Crippen LogP contribution in [0, 0.1) is 33.5 Å². The number of rotatable bonds is 4. The normalized spacial score (nSPS) is 16.4. The topological polar surface area (TPSA) is 70.5 Å². The molecule has 1 aliphatic rings. The lowest BCUT2D eigenvalue weighted by atomic mass is 9.94. The lowest BCUT2D eigenvalue weighted by Gasteiger charge is -2.27. The Morgan fingerprint density at radius 3 is 2.42 bits per heavy atom. The van der Waals surface area contributed by atoms with E-state index in [0.717, 1.165) is 11.1 Å². The van der Waals surface area contributed by atoms with Crippen LogP contribution in [-0.2, 0) is 4.79 Å². The van der Waals surface area contributed by atoms with E-state index in [4.69, 9.17) is 0 Å². The predicted octanol–water partition coefficient (Wildman–Crippen LogP) is 5.30. The molecule has 31 heavy (non-hydrogen) atoms. The van der Waals surface area contributed by atoms with Crippen molar-refractivity contribution in [1.29, 1.82) is 0 Å². The van der Waals surface area contributed by atoms with Crippen LogP contribution in [0.2, 0.25) is 0 Å². The van der Waals surface area contributed by atoms with Gasteiger partial charge in [-0.3, -0.25) is 14.5 Å². The summed E-state index contributed by atoms with van der Waals surface area (Å²) in [5, 5.41) is 11.5. The van der Waals surface area contributed by atoms with Gasteiger partial charge in [-0.05, 0) is 57.0 Å². The lowest BCUT2D eigenvalue weighted by Crippen LogP contribution is -2.31. The smallest absolute Gasteiger partial charge is 0.294 e. The number of aromatic nitrogens is 1. The molecule has 1 unspecified atom stereocenters. The van der Waals surface area contributed by atoms with Gasteiger partial charge in [0.25, 0.3) is 5.91 Å². The van der Waals surface area contributed by atoms with Crippen LogP contribution in [0.3, 0.4) is 0 Å². The van der Waals surface area contributed by atoms with Crippen molar-refractivity contribution >= 4 is 28.7 Å². The lowest BCUT2D eigenvalue weighted by molar-refractivity contribution is -0.117. The zero-order valence-electron chi connectivity index (χ0n) is 17.6. The van der Waals surface area contributed by atoms with E-state index >= 15 is 0 Å². The highest BCUT2D eigenvalue weighted by Crippen LogP contribution is 2.43. The van der Waals surface area contributed by atoms with Crippen molar-refractivity contribution in [2.75, 3.05) is 4.90 Å². The van der Waals surface area contributed by atoms with Crippen LogP contribution in [-0.4, -0.2) is 21.8 Å². The predicted molar refractivity (Wildman–Crippen MR) is 118 cm³/mol. The second kappa shape index (κ2) is 7.74. The van der Waals surface area contributed by atoms with Crippen molar-refractivity contribution in [3.8, 4) is 0 Å². The van der Waals surface area contributed by atoms with Crippen molar-refractivity contribution in [1.82, 2.24) is 4.98 Å². The van der Waals surface area contributed by atoms with Crippen LogP contribution >= 0.6 is 11.3 Å². The van der Waals surface area contributed by atoms with Gasteiger partial charge in [0.2, 0.25) is 5.78 Å². The molecule has 1 N–H and O–H groups in total. The zero-order chi connectivity index (χ0) is 22.4. The molecule has 0 radical (unpaired) electrons. The first kappa shape index (κ1) is 20.9. The quantitative estimate of drug-likeness (QED) is 0.564. The van der Waals surface area contributed by atoms with Crippen LogP contribution in [0.4, 0.5) is 10.1 Å². The molecule has 4 rings (SSSR count). The summed E-state index contributed by atoms with van der Waals surface area (Å²) in [5.41, 5.74) is 2.96. The number of aliphatic hydroxyl groups is 1. The molecule has 2 heterocycles. The minimum Gasteiger partial charge on any atom is -0.503 e. The highest BCUT2D eigenvalue weighted by Gasteiger charge is 2.46. The van der Waals surface area contributed by atoms with Gasteiger partial charge in [-0.2, -0.15) is 0 Å². The largest absolute Gasteiger partial charge is 0.503 e. The second-order valence-electron chi connectivity index (χ2n) is 7.61. The molecule has 1 atom stereocenters. The van der Waals surface area contributed by atoms with Crippen molar-refractivity contribution < 1.29 is 19.1 Å². The summed E-state index contributed by atoms with van der Waals surface area (Å²) in [6.07, 6.45) is 0. The number of halogens is 1. The molecule has 1 aliphatic heterocycles. The molecule has 3 aromatic rings. The number of benzene rings is 2. The van der Waals surface area contributed by atoms with Crippen LogP contribution in [0.15, 0.2) is 53.8 Å². The van der Waals surface area contributed by atoms with E-state index in [1.807, 2.05) is 19.9 Å². The zero-order valence-corrected chi connectivity index (χ0v) is 18.4. The van der Waals surface area contributed by atoms with E-state index in [1.54, 1.807) is 32.0 Å². The van der Waals surface area contributed by atoms with E-state index in [9.17, 15) is 19.1 Å². The van der Waals surface area contributed by atoms with Gasteiger partial charge in [-0.1, -0.05) is 24.3 Å².